The summed E-state index contributed by atoms with van der Waals surface area (Å²) >= 11 is 1.46. The fraction of sp³-hybridized carbons (Fsp3) is 0.0909. The van der Waals surface area contributed by atoms with Gasteiger partial charge in [-0.05, 0) is 19.1 Å². The lowest BCUT2D eigenvalue weighted by Gasteiger charge is -1.85. The Balaban J connectivity index is 2.18. The van der Waals surface area contributed by atoms with Gasteiger partial charge in [0.15, 0.2) is 10.8 Å². The van der Waals surface area contributed by atoms with Gasteiger partial charge in [-0.15, -0.1) is 0 Å². The summed E-state index contributed by atoms with van der Waals surface area (Å²) in [6.45, 7) is 1.90. The number of nitrogens with two attached hydrogens (primary N) is 1. The van der Waals surface area contributed by atoms with Crippen LogP contribution in [0.15, 0.2) is 24.3 Å². The van der Waals surface area contributed by atoms with Crippen molar-refractivity contribution in [3.05, 3.63) is 30.0 Å². The molecule has 5 heteroatoms. The van der Waals surface area contributed by atoms with Crippen LogP contribution in [0.25, 0.3) is 21.9 Å². The van der Waals surface area contributed by atoms with Crippen molar-refractivity contribution < 1.29 is 0 Å². The van der Waals surface area contributed by atoms with E-state index in [2.05, 4.69) is 15.0 Å². The molecule has 0 unspecified atom stereocenters. The Labute approximate surface area is 96.2 Å². The number of benzene rings is 1. The second-order valence-electron chi connectivity index (χ2n) is 3.57. The monoisotopic (exact) mass is 230 g/mol. The Morgan fingerprint density at radius 1 is 1.25 bits per heavy atom. The lowest BCUT2D eigenvalue weighted by molar-refractivity contribution is 1.23. The zero-order valence-electron chi connectivity index (χ0n) is 8.69. The number of nitrogens with one attached hydrogen (secondary N) is 1. The first-order valence-corrected chi connectivity index (χ1v) is 5.74. The molecule has 0 amide bonds. The Bertz CT molecular complexity index is 600. The lowest BCUT2D eigenvalue weighted by Crippen LogP contribution is -1.82. The molecule has 0 saturated carbocycles. The van der Waals surface area contributed by atoms with Gasteiger partial charge >= 0.3 is 0 Å². The molecule has 3 rings (SSSR count). The second-order valence-corrected chi connectivity index (χ2v) is 4.60. The number of aryl methyl sites for hydroxylation is 1. The van der Waals surface area contributed by atoms with Gasteiger partial charge in [-0.2, -0.15) is 0 Å². The number of imidazole rings is 1. The number of H-pyrrole nitrogens is 1. The van der Waals surface area contributed by atoms with E-state index in [1.54, 1.807) is 0 Å². The molecule has 1 aromatic carbocycles. The molecule has 2 aromatic heterocycles. The Hall–Kier alpha value is -1.88. The van der Waals surface area contributed by atoms with Crippen LogP contribution in [0, 0.1) is 6.92 Å². The van der Waals surface area contributed by atoms with Gasteiger partial charge in [0.05, 0.1) is 16.7 Å². The highest BCUT2D eigenvalue weighted by atomic mass is 32.1. The molecule has 0 aliphatic carbocycles. The number of nitrogen functional groups attached to an aromatic ring is 1. The maximum absolute atomic E-state index is 5.79. The summed E-state index contributed by atoms with van der Waals surface area (Å²) in [4.78, 5) is 12.1. The molecule has 0 fully saturated rings. The van der Waals surface area contributed by atoms with Crippen molar-refractivity contribution in [1.29, 1.82) is 0 Å². The molecule has 0 spiro atoms. The molecule has 0 bridgehead atoms. The molecule has 0 atom stereocenters. The molecule has 3 N–H and O–H groups in total. The van der Waals surface area contributed by atoms with E-state index in [1.807, 2.05) is 31.2 Å². The van der Waals surface area contributed by atoms with Gasteiger partial charge in [0.1, 0.15) is 5.00 Å². The van der Waals surface area contributed by atoms with Gasteiger partial charge in [-0.3, -0.25) is 0 Å². The zero-order chi connectivity index (χ0) is 11.1. The Morgan fingerprint density at radius 2 is 2.06 bits per heavy atom. The van der Waals surface area contributed by atoms with Crippen molar-refractivity contribution in [2.45, 2.75) is 6.92 Å². The largest absolute Gasteiger partial charge is 0.389 e. The fourth-order valence-corrected chi connectivity index (χ4v) is 2.34. The number of aromatic nitrogens is 3. The number of nitrogens with zero attached hydrogens (tertiary/aromatic N) is 2. The van der Waals surface area contributed by atoms with E-state index in [0.717, 1.165) is 32.6 Å². The number of hydrogen-bond donors (Lipinski definition) is 2. The number of fused-ring (bicyclic) bond motifs is 1. The Morgan fingerprint density at radius 3 is 2.75 bits per heavy atom. The first-order chi connectivity index (χ1) is 7.74. The number of hydrogen-bond acceptors (Lipinski definition) is 4. The third kappa shape index (κ3) is 1.37. The SMILES string of the molecule is Cc1nc(-c2nc3ccccc3[nH]2)sc1N. The van der Waals surface area contributed by atoms with Crippen molar-refractivity contribution in [2.24, 2.45) is 0 Å². The molecular formula is C11H10N4S. The number of aromatic amines is 1. The third-order valence-electron chi connectivity index (χ3n) is 2.42. The van der Waals surface area contributed by atoms with E-state index >= 15 is 0 Å². The molecule has 4 nitrogen and oxygen atoms in total. The van der Waals surface area contributed by atoms with E-state index in [-0.39, 0.29) is 0 Å². The quantitative estimate of drug-likeness (QED) is 0.675. The predicted molar refractivity (Wildman–Crippen MR) is 66.4 cm³/mol. The Kier molecular flexibility index (Phi) is 1.94. The highest BCUT2D eigenvalue weighted by molar-refractivity contribution is 7.18. The van der Waals surface area contributed by atoms with Crippen LogP contribution in [0.3, 0.4) is 0 Å². The number of thiazole rings is 1. The standard InChI is InChI=1S/C11H10N4S/c1-6-9(12)16-11(13-6)10-14-7-4-2-3-5-8(7)15-10/h2-5H,12H2,1H3,(H,14,15). The van der Waals surface area contributed by atoms with Gasteiger partial charge < -0.3 is 10.7 Å². The summed E-state index contributed by atoms with van der Waals surface area (Å²) in [7, 11) is 0. The molecule has 16 heavy (non-hydrogen) atoms. The fourth-order valence-electron chi connectivity index (χ4n) is 1.56. The van der Waals surface area contributed by atoms with Gasteiger partial charge in [-0.25, -0.2) is 9.97 Å². The average Bonchev–Trinajstić information content (AvgIpc) is 2.83. The molecule has 0 aliphatic rings. The third-order valence-corrected chi connectivity index (χ3v) is 3.42. The van der Waals surface area contributed by atoms with E-state index in [9.17, 15) is 0 Å². The van der Waals surface area contributed by atoms with Crippen LogP contribution in [0.1, 0.15) is 5.69 Å². The van der Waals surface area contributed by atoms with Crippen LogP contribution < -0.4 is 5.73 Å². The molecule has 0 saturated heterocycles. The van der Waals surface area contributed by atoms with E-state index in [4.69, 9.17) is 5.73 Å². The molecule has 80 valence electrons. The minimum atomic E-state index is 0.746. The maximum atomic E-state index is 5.79. The van der Waals surface area contributed by atoms with Crippen molar-refractivity contribution in [1.82, 2.24) is 15.0 Å². The van der Waals surface area contributed by atoms with Crippen molar-refractivity contribution in [3.8, 4) is 10.8 Å². The maximum Gasteiger partial charge on any atom is 0.167 e. The summed E-state index contributed by atoms with van der Waals surface area (Å²) < 4.78 is 0. The smallest absolute Gasteiger partial charge is 0.167 e. The van der Waals surface area contributed by atoms with Crippen LogP contribution in [-0.4, -0.2) is 15.0 Å². The van der Waals surface area contributed by atoms with E-state index < -0.39 is 0 Å². The van der Waals surface area contributed by atoms with Crippen LogP contribution in [-0.2, 0) is 0 Å². The number of para-hydroxylation sites is 2. The molecule has 3 aromatic rings. The number of rotatable bonds is 1. The van der Waals surface area contributed by atoms with Crippen LogP contribution >= 0.6 is 11.3 Å². The predicted octanol–water partition coefficient (Wildman–Crippen LogP) is 2.58. The normalized spacial score (nSPS) is 11.1. The summed E-state index contributed by atoms with van der Waals surface area (Å²) in [6, 6.07) is 7.91. The van der Waals surface area contributed by atoms with Crippen LogP contribution in [0.4, 0.5) is 5.00 Å². The first kappa shape index (κ1) is 9.35. The minimum absolute atomic E-state index is 0.746. The first-order valence-electron chi connectivity index (χ1n) is 4.92. The highest BCUT2D eigenvalue weighted by Gasteiger charge is 2.10. The van der Waals surface area contributed by atoms with Gasteiger partial charge in [0.2, 0.25) is 0 Å². The van der Waals surface area contributed by atoms with Gasteiger partial charge in [0, 0.05) is 0 Å². The van der Waals surface area contributed by atoms with E-state index in [1.165, 1.54) is 11.3 Å². The summed E-state index contributed by atoms with van der Waals surface area (Å²) in [5.41, 5.74) is 8.61. The van der Waals surface area contributed by atoms with E-state index in [0.29, 0.717) is 0 Å². The molecule has 0 radical (unpaired) electrons. The zero-order valence-corrected chi connectivity index (χ0v) is 9.51. The van der Waals surface area contributed by atoms with Crippen molar-refractivity contribution in [3.63, 3.8) is 0 Å². The summed E-state index contributed by atoms with van der Waals surface area (Å²) in [6.07, 6.45) is 0. The molecular weight excluding hydrogens is 220 g/mol. The van der Waals surface area contributed by atoms with Gasteiger partial charge in [0.25, 0.3) is 0 Å². The van der Waals surface area contributed by atoms with Crippen LogP contribution in [0.2, 0.25) is 0 Å². The summed E-state index contributed by atoms with van der Waals surface area (Å²) in [5.74, 6) is 0.783. The topological polar surface area (TPSA) is 67.6 Å². The summed E-state index contributed by atoms with van der Waals surface area (Å²) in [5, 5.41) is 1.58. The number of anilines is 1. The average molecular weight is 230 g/mol. The second kappa shape index (κ2) is 3.31. The van der Waals surface area contributed by atoms with Crippen molar-refractivity contribution in [2.75, 3.05) is 5.73 Å². The highest BCUT2D eigenvalue weighted by Crippen LogP contribution is 2.28. The molecule has 0 aliphatic heterocycles. The molecule has 2 heterocycles. The lowest BCUT2D eigenvalue weighted by atomic mass is 10.3. The van der Waals surface area contributed by atoms with Crippen molar-refractivity contribution >= 4 is 27.4 Å². The minimum Gasteiger partial charge on any atom is -0.389 e. The van der Waals surface area contributed by atoms with Gasteiger partial charge in [-0.1, -0.05) is 23.5 Å². The van der Waals surface area contributed by atoms with Crippen LogP contribution in [0.5, 0.6) is 0 Å².